The first-order valence-electron chi connectivity index (χ1n) is 6.30. The SMILES string of the molecule is CC(CCCSC1COC1)(NC1CC1)C(=O)O. The van der Waals surface area contributed by atoms with E-state index in [1.807, 2.05) is 18.7 Å². The molecule has 0 aromatic heterocycles. The van der Waals surface area contributed by atoms with Crippen LogP contribution in [-0.4, -0.2) is 46.9 Å². The molecular formula is C12H21NO3S. The van der Waals surface area contributed by atoms with Crippen molar-refractivity contribution in [3.8, 4) is 0 Å². The smallest absolute Gasteiger partial charge is 0.323 e. The summed E-state index contributed by atoms with van der Waals surface area (Å²) >= 11 is 1.90. The number of carbonyl (C=O) groups is 1. The molecule has 2 fully saturated rings. The van der Waals surface area contributed by atoms with Gasteiger partial charge in [0.2, 0.25) is 0 Å². The largest absolute Gasteiger partial charge is 0.480 e. The molecule has 2 rings (SSSR count). The number of aliphatic carboxylic acids is 1. The summed E-state index contributed by atoms with van der Waals surface area (Å²) in [6.07, 6.45) is 3.90. The summed E-state index contributed by atoms with van der Waals surface area (Å²) in [6, 6.07) is 0.434. The number of ether oxygens (including phenoxy) is 1. The van der Waals surface area contributed by atoms with Gasteiger partial charge in [-0.1, -0.05) is 0 Å². The van der Waals surface area contributed by atoms with E-state index in [0.717, 1.165) is 38.2 Å². The van der Waals surface area contributed by atoms with Gasteiger partial charge < -0.3 is 9.84 Å². The third-order valence-corrected chi connectivity index (χ3v) is 4.62. The molecular weight excluding hydrogens is 238 g/mol. The summed E-state index contributed by atoms with van der Waals surface area (Å²) in [4.78, 5) is 11.3. The number of nitrogens with one attached hydrogen (secondary N) is 1. The molecule has 1 aliphatic heterocycles. The zero-order valence-corrected chi connectivity index (χ0v) is 11.1. The first-order valence-corrected chi connectivity index (χ1v) is 7.35. The van der Waals surface area contributed by atoms with E-state index in [0.29, 0.717) is 17.7 Å². The Hall–Kier alpha value is -0.260. The second-order valence-electron chi connectivity index (χ2n) is 5.19. The van der Waals surface area contributed by atoms with E-state index in [9.17, 15) is 9.90 Å². The monoisotopic (exact) mass is 259 g/mol. The van der Waals surface area contributed by atoms with Crippen LogP contribution in [0.2, 0.25) is 0 Å². The van der Waals surface area contributed by atoms with Crippen LogP contribution in [-0.2, 0) is 9.53 Å². The van der Waals surface area contributed by atoms with Gasteiger partial charge in [0.15, 0.2) is 0 Å². The number of carboxylic acid groups (broad SMARTS) is 1. The first-order chi connectivity index (χ1) is 8.10. The first kappa shape index (κ1) is 13.2. The van der Waals surface area contributed by atoms with Gasteiger partial charge in [0, 0.05) is 6.04 Å². The minimum atomic E-state index is -0.738. The van der Waals surface area contributed by atoms with Crippen LogP contribution in [0.1, 0.15) is 32.6 Å². The molecule has 1 aliphatic carbocycles. The maximum atomic E-state index is 11.3. The van der Waals surface area contributed by atoms with Crippen LogP contribution >= 0.6 is 11.8 Å². The molecule has 0 bridgehead atoms. The summed E-state index contributed by atoms with van der Waals surface area (Å²) in [5.74, 6) is 0.310. The maximum absolute atomic E-state index is 11.3. The summed E-state index contributed by atoms with van der Waals surface area (Å²) in [7, 11) is 0. The van der Waals surface area contributed by atoms with Crippen LogP contribution in [0.25, 0.3) is 0 Å². The standard InChI is InChI=1S/C12H21NO3S/c1-12(11(14)15,13-9-3-4-9)5-2-6-17-10-7-16-8-10/h9-10,13H,2-8H2,1H3,(H,14,15). The van der Waals surface area contributed by atoms with Gasteiger partial charge >= 0.3 is 5.97 Å². The fourth-order valence-electron chi connectivity index (χ4n) is 1.91. The Labute approximate surface area is 106 Å². The normalized spacial score (nSPS) is 24.1. The fraction of sp³-hybridized carbons (Fsp3) is 0.917. The van der Waals surface area contributed by atoms with Crippen LogP contribution in [0.4, 0.5) is 0 Å². The van der Waals surface area contributed by atoms with Crippen LogP contribution in [0.3, 0.4) is 0 Å². The predicted octanol–water partition coefficient (Wildman–Crippen LogP) is 1.49. The molecule has 0 amide bonds. The maximum Gasteiger partial charge on any atom is 0.323 e. The van der Waals surface area contributed by atoms with Gasteiger partial charge in [-0.2, -0.15) is 11.8 Å². The highest BCUT2D eigenvalue weighted by atomic mass is 32.2. The second kappa shape index (κ2) is 5.59. The average molecular weight is 259 g/mol. The number of thioether (sulfide) groups is 1. The molecule has 17 heavy (non-hydrogen) atoms. The number of hydrogen-bond acceptors (Lipinski definition) is 4. The Morgan fingerprint density at radius 1 is 1.53 bits per heavy atom. The lowest BCUT2D eigenvalue weighted by atomic mass is 9.96. The van der Waals surface area contributed by atoms with Gasteiger partial charge in [0.05, 0.1) is 18.5 Å². The molecule has 4 nitrogen and oxygen atoms in total. The van der Waals surface area contributed by atoms with Crippen molar-refractivity contribution in [1.29, 1.82) is 0 Å². The van der Waals surface area contributed by atoms with Crippen LogP contribution in [0.5, 0.6) is 0 Å². The van der Waals surface area contributed by atoms with Gasteiger partial charge in [-0.25, -0.2) is 0 Å². The number of hydrogen-bond donors (Lipinski definition) is 2. The molecule has 0 radical (unpaired) electrons. The van der Waals surface area contributed by atoms with Crippen molar-refractivity contribution >= 4 is 17.7 Å². The van der Waals surface area contributed by atoms with Crippen LogP contribution < -0.4 is 5.32 Å². The highest BCUT2D eigenvalue weighted by molar-refractivity contribution is 8.00. The van der Waals surface area contributed by atoms with Crippen LogP contribution in [0, 0.1) is 0 Å². The molecule has 5 heteroatoms. The zero-order chi connectivity index (χ0) is 12.3. The lowest BCUT2D eigenvalue weighted by Crippen LogP contribution is -2.50. The van der Waals surface area contributed by atoms with Crippen molar-refractivity contribution in [3.63, 3.8) is 0 Å². The molecule has 0 spiro atoms. The highest BCUT2D eigenvalue weighted by Crippen LogP contribution is 2.26. The predicted molar refractivity (Wildman–Crippen MR) is 68.5 cm³/mol. The van der Waals surface area contributed by atoms with Crippen molar-refractivity contribution in [3.05, 3.63) is 0 Å². The fourth-order valence-corrected chi connectivity index (χ4v) is 2.93. The van der Waals surface area contributed by atoms with Gasteiger partial charge in [0.25, 0.3) is 0 Å². The lowest BCUT2D eigenvalue weighted by Gasteiger charge is -2.28. The van der Waals surface area contributed by atoms with E-state index in [1.165, 1.54) is 0 Å². The van der Waals surface area contributed by atoms with E-state index < -0.39 is 11.5 Å². The molecule has 1 saturated heterocycles. The van der Waals surface area contributed by atoms with E-state index in [2.05, 4.69) is 5.32 Å². The number of rotatable bonds is 8. The van der Waals surface area contributed by atoms with Crippen molar-refractivity contribution in [1.82, 2.24) is 5.32 Å². The molecule has 1 unspecified atom stereocenters. The Bertz CT molecular complexity index is 279. The molecule has 1 heterocycles. The van der Waals surface area contributed by atoms with Crippen molar-refractivity contribution in [2.24, 2.45) is 0 Å². The van der Waals surface area contributed by atoms with Crippen LogP contribution in [0.15, 0.2) is 0 Å². The summed E-state index contributed by atoms with van der Waals surface area (Å²) < 4.78 is 5.10. The van der Waals surface area contributed by atoms with Gasteiger partial charge in [-0.3, -0.25) is 10.1 Å². The summed E-state index contributed by atoms with van der Waals surface area (Å²) in [6.45, 7) is 3.53. The highest BCUT2D eigenvalue weighted by Gasteiger charge is 2.37. The minimum Gasteiger partial charge on any atom is -0.480 e. The van der Waals surface area contributed by atoms with Gasteiger partial charge in [-0.15, -0.1) is 0 Å². The van der Waals surface area contributed by atoms with E-state index in [-0.39, 0.29) is 0 Å². The topological polar surface area (TPSA) is 58.6 Å². The van der Waals surface area contributed by atoms with E-state index in [4.69, 9.17) is 4.74 Å². The molecule has 1 atom stereocenters. The number of carboxylic acids is 1. The average Bonchev–Trinajstić information content (AvgIpc) is 2.98. The quantitative estimate of drug-likeness (QED) is 0.647. The lowest BCUT2D eigenvalue weighted by molar-refractivity contribution is -0.144. The van der Waals surface area contributed by atoms with E-state index in [1.54, 1.807) is 0 Å². The zero-order valence-electron chi connectivity index (χ0n) is 10.3. The van der Waals surface area contributed by atoms with Crippen molar-refractivity contribution in [2.45, 2.75) is 49.4 Å². The van der Waals surface area contributed by atoms with E-state index >= 15 is 0 Å². The Morgan fingerprint density at radius 2 is 2.24 bits per heavy atom. The van der Waals surface area contributed by atoms with Crippen molar-refractivity contribution in [2.75, 3.05) is 19.0 Å². The molecule has 1 saturated carbocycles. The second-order valence-corrected chi connectivity index (χ2v) is 6.60. The third-order valence-electron chi connectivity index (χ3n) is 3.35. The summed E-state index contributed by atoms with van der Waals surface area (Å²) in [5, 5.41) is 13.2. The molecule has 2 N–H and O–H groups in total. The summed E-state index contributed by atoms with van der Waals surface area (Å²) in [5.41, 5.74) is -0.738. The molecule has 0 aromatic rings. The van der Waals surface area contributed by atoms with Crippen molar-refractivity contribution < 1.29 is 14.6 Å². The Balaban J connectivity index is 1.66. The minimum absolute atomic E-state index is 0.434. The Morgan fingerprint density at radius 3 is 2.71 bits per heavy atom. The third kappa shape index (κ3) is 3.86. The molecule has 0 aromatic carbocycles. The Kier molecular flexibility index (Phi) is 4.33. The van der Waals surface area contributed by atoms with Gasteiger partial charge in [-0.05, 0) is 38.4 Å². The van der Waals surface area contributed by atoms with Gasteiger partial charge in [0.1, 0.15) is 5.54 Å². The molecule has 2 aliphatic rings. The molecule has 98 valence electrons.